The predicted molar refractivity (Wildman–Crippen MR) is 96.9 cm³/mol. The molecule has 1 N–H and O–H groups in total. The van der Waals surface area contributed by atoms with Gasteiger partial charge in [-0.15, -0.1) is 0 Å². The molecule has 2 heterocycles. The van der Waals surface area contributed by atoms with Crippen molar-refractivity contribution in [3.8, 4) is 0 Å². The maximum atomic E-state index is 14.4. The maximum absolute atomic E-state index is 14.4. The van der Waals surface area contributed by atoms with Crippen molar-refractivity contribution in [3.05, 3.63) is 60.2 Å². The molecule has 0 bridgehead atoms. The molecule has 0 radical (unpaired) electrons. The van der Waals surface area contributed by atoms with Gasteiger partial charge < -0.3 is 5.11 Å². The smallest absolute Gasteiger partial charge is 0.150 e. The lowest BCUT2D eigenvalue weighted by Gasteiger charge is -2.28. The average Bonchev–Trinajstić information content (AvgIpc) is 3.27. The number of nitrogens with zero attached hydrogens (tertiary/aromatic N) is 6. The SMILES string of the molecule is OC(Cn1cncn1)(Cn1cnc(CCCC=S)n1)c1ccc(F)cc1F. The molecule has 1 unspecified atom stereocenters. The van der Waals surface area contributed by atoms with Gasteiger partial charge in [0, 0.05) is 18.1 Å². The fourth-order valence-electron chi connectivity index (χ4n) is 2.81. The molecule has 0 fully saturated rings. The van der Waals surface area contributed by atoms with Crippen molar-refractivity contribution < 1.29 is 13.9 Å². The second kappa shape index (κ2) is 8.40. The Morgan fingerprint density at radius 3 is 2.70 bits per heavy atom. The van der Waals surface area contributed by atoms with E-state index in [4.69, 9.17) is 12.2 Å². The van der Waals surface area contributed by atoms with E-state index in [9.17, 15) is 13.9 Å². The van der Waals surface area contributed by atoms with E-state index < -0.39 is 17.2 Å². The molecule has 2 aromatic heterocycles. The maximum Gasteiger partial charge on any atom is 0.150 e. The molecule has 0 spiro atoms. The molecule has 3 rings (SSSR count). The number of benzene rings is 1. The van der Waals surface area contributed by atoms with Crippen LogP contribution in [-0.2, 0) is 25.1 Å². The molecular formula is C17H18F2N6OS. The van der Waals surface area contributed by atoms with E-state index in [1.165, 1.54) is 34.4 Å². The lowest BCUT2D eigenvalue weighted by atomic mass is 9.93. The first-order valence-corrected chi connectivity index (χ1v) is 8.79. The Morgan fingerprint density at radius 1 is 1.19 bits per heavy atom. The van der Waals surface area contributed by atoms with Crippen LogP contribution in [0.4, 0.5) is 8.78 Å². The topological polar surface area (TPSA) is 81.6 Å². The van der Waals surface area contributed by atoms with Crippen molar-refractivity contribution in [2.45, 2.75) is 38.0 Å². The summed E-state index contributed by atoms with van der Waals surface area (Å²) in [6.45, 7) is -0.175. The summed E-state index contributed by atoms with van der Waals surface area (Å²) < 4.78 is 30.5. The Kier molecular flexibility index (Phi) is 5.97. The summed E-state index contributed by atoms with van der Waals surface area (Å²) in [5.74, 6) is -0.964. The summed E-state index contributed by atoms with van der Waals surface area (Å²) in [7, 11) is 0. The van der Waals surface area contributed by atoms with E-state index in [0.717, 1.165) is 25.0 Å². The van der Waals surface area contributed by atoms with Crippen molar-refractivity contribution in [1.29, 1.82) is 0 Å². The van der Waals surface area contributed by atoms with Crippen molar-refractivity contribution in [1.82, 2.24) is 29.5 Å². The van der Waals surface area contributed by atoms with E-state index in [2.05, 4.69) is 20.2 Å². The van der Waals surface area contributed by atoms with Crippen LogP contribution in [-0.4, -0.2) is 40.0 Å². The van der Waals surface area contributed by atoms with Crippen LogP contribution in [0.5, 0.6) is 0 Å². The third-order valence-corrected chi connectivity index (χ3v) is 4.29. The molecule has 0 aliphatic heterocycles. The molecule has 0 aliphatic carbocycles. The second-order valence-electron chi connectivity index (χ2n) is 6.17. The quantitative estimate of drug-likeness (QED) is 0.443. The molecule has 0 saturated heterocycles. The number of hydrogen-bond donors (Lipinski definition) is 1. The van der Waals surface area contributed by atoms with Crippen molar-refractivity contribution in [2.75, 3.05) is 0 Å². The highest BCUT2D eigenvalue weighted by Crippen LogP contribution is 2.28. The van der Waals surface area contributed by atoms with Gasteiger partial charge in [0.1, 0.15) is 36.2 Å². The van der Waals surface area contributed by atoms with Gasteiger partial charge in [0.15, 0.2) is 5.82 Å². The molecular weight excluding hydrogens is 374 g/mol. The molecule has 142 valence electrons. The van der Waals surface area contributed by atoms with E-state index in [0.29, 0.717) is 12.2 Å². The van der Waals surface area contributed by atoms with Crippen molar-refractivity contribution in [3.63, 3.8) is 0 Å². The Labute approximate surface area is 159 Å². The van der Waals surface area contributed by atoms with E-state index >= 15 is 0 Å². The summed E-state index contributed by atoms with van der Waals surface area (Å²) in [6, 6.07) is 3.06. The van der Waals surface area contributed by atoms with E-state index in [1.807, 2.05) is 0 Å². The van der Waals surface area contributed by atoms with E-state index in [1.54, 1.807) is 5.37 Å². The summed E-state index contributed by atoms with van der Waals surface area (Å²) in [5.41, 5.74) is -1.79. The van der Waals surface area contributed by atoms with Crippen LogP contribution in [0.2, 0.25) is 0 Å². The van der Waals surface area contributed by atoms with Crippen LogP contribution in [0, 0.1) is 11.6 Å². The third-order valence-electron chi connectivity index (χ3n) is 4.05. The molecule has 3 aromatic rings. The summed E-state index contributed by atoms with van der Waals surface area (Å²) in [4.78, 5) is 8.03. The zero-order chi connectivity index (χ0) is 19.3. The number of aliphatic hydroxyl groups is 1. The molecule has 1 aromatic carbocycles. The summed E-state index contributed by atoms with van der Waals surface area (Å²) in [6.07, 6.45) is 6.44. The second-order valence-corrected chi connectivity index (χ2v) is 6.50. The minimum absolute atomic E-state index is 0.0582. The monoisotopic (exact) mass is 392 g/mol. The van der Waals surface area contributed by atoms with Gasteiger partial charge in [-0.25, -0.2) is 28.1 Å². The fraction of sp³-hybridized carbons (Fsp3) is 0.353. The lowest BCUT2D eigenvalue weighted by Crippen LogP contribution is -2.37. The van der Waals surface area contributed by atoms with Crippen molar-refractivity contribution >= 4 is 17.6 Å². The molecule has 27 heavy (non-hydrogen) atoms. The van der Waals surface area contributed by atoms with Crippen LogP contribution < -0.4 is 0 Å². The molecule has 0 aliphatic rings. The minimum Gasteiger partial charge on any atom is -0.381 e. The molecule has 7 nitrogen and oxygen atoms in total. The largest absolute Gasteiger partial charge is 0.381 e. The molecule has 0 saturated carbocycles. The zero-order valence-corrected chi connectivity index (χ0v) is 15.2. The Bertz CT molecular complexity index is 901. The average molecular weight is 392 g/mol. The molecule has 0 amide bonds. The molecule has 10 heteroatoms. The third kappa shape index (κ3) is 4.77. The van der Waals surface area contributed by atoms with Crippen molar-refractivity contribution in [2.24, 2.45) is 0 Å². The van der Waals surface area contributed by atoms with Gasteiger partial charge in [-0.2, -0.15) is 10.2 Å². The number of aromatic nitrogens is 6. The number of hydrogen-bond acceptors (Lipinski definition) is 6. The van der Waals surface area contributed by atoms with Gasteiger partial charge in [-0.05, 0) is 24.3 Å². The number of aryl methyl sites for hydroxylation is 1. The summed E-state index contributed by atoms with van der Waals surface area (Å²) >= 11 is 4.79. The first-order chi connectivity index (χ1) is 13.0. The van der Waals surface area contributed by atoms with Gasteiger partial charge >= 0.3 is 0 Å². The standard InChI is InChI=1S/C17H18F2N6OS/c18-13-4-5-14(15(19)7-13)17(26,8-24-11-20-10-22-24)9-25-12-21-16(23-25)3-1-2-6-27/h4-7,10-12,26H,1-3,8-9H2. The van der Waals surface area contributed by atoms with Gasteiger partial charge in [-0.1, -0.05) is 18.3 Å². The highest BCUT2D eigenvalue weighted by atomic mass is 32.1. The van der Waals surface area contributed by atoms with Crippen LogP contribution in [0.25, 0.3) is 0 Å². The zero-order valence-electron chi connectivity index (χ0n) is 14.4. The first-order valence-electron chi connectivity index (χ1n) is 8.32. The number of rotatable bonds is 9. The highest BCUT2D eigenvalue weighted by Gasteiger charge is 2.34. The molecule has 1 atom stereocenters. The number of unbranched alkanes of at least 4 members (excludes halogenated alkanes) is 1. The predicted octanol–water partition coefficient (Wildman–Crippen LogP) is 2.06. The van der Waals surface area contributed by atoms with Gasteiger partial charge in [0.25, 0.3) is 0 Å². The van der Waals surface area contributed by atoms with Crippen LogP contribution in [0.15, 0.2) is 37.2 Å². The van der Waals surface area contributed by atoms with Gasteiger partial charge in [-0.3, -0.25) is 0 Å². The Morgan fingerprint density at radius 2 is 2.00 bits per heavy atom. The highest BCUT2D eigenvalue weighted by molar-refractivity contribution is 7.78. The van der Waals surface area contributed by atoms with Gasteiger partial charge in [0.05, 0.1) is 13.1 Å². The Balaban J connectivity index is 1.87. The Hall–Kier alpha value is -2.59. The van der Waals surface area contributed by atoms with E-state index in [-0.39, 0.29) is 18.7 Å². The number of halogens is 2. The first kappa shape index (κ1) is 19.2. The number of thiocarbonyl (C=S) groups is 1. The minimum atomic E-state index is -1.73. The van der Waals surface area contributed by atoms with Crippen LogP contribution in [0.1, 0.15) is 24.2 Å². The fourth-order valence-corrected chi connectivity index (χ4v) is 2.97. The van der Waals surface area contributed by atoms with Crippen LogP contribution >= 0.6 is 12.2 Å². The summed E-state index contributed by atoms with van der Waals surface area (Å²) in [5, 5.41) is 21.2. The van der Waals surface area contributed by atoms with Gasteiger partial charge in [0.2, 0.25) is 0 Å². The normalized spacial score (nSPS) is 13.4. The lowest BCUT2D eigenvalue weighted by molar-refractivity contribution is -0.00862. The van der Waals surface area contributed by atoms with Crippen LogP contribution in [0.3, 0.4) is 0 Å².